The summed E-state index contributed by atoms with van der Waals surface area (Å²) in [5, 5.41) is -0.894. The van der Waals surface area contributed by atoms with Gasteiger partial charge in [0, 0.05) is 25.4 Å². The van der Waals surface area contributed by atoms with E-state index in [4.69, 9.17) is 0 Å². The van der Waals surface area contributed by atoms with Gasteiger partial charge in [-0.25, -0.2) is 17.2 Å². The Labute approximate surface area is 89.5 Å². The van der Waals surface area contributed by atoms with E-state index in [1.54, 1.807) is 20.8 Å². The molecule has 1 fully saturated rings. The van der Waals surface area contributed by atoms with Crippen LogP contribution in [0.5, 0.6) is 0 Å². The van der Waals surface area contributed by atoms with E-state index in [1.807, 2.05) is 0 Å². The zero-order chi connectivity index (χ0) is 11.9. The standard InChI is InChI=1S/C9H17F2NO2S/c1-4-12(7(2)3)15(13,14)8-5-9(10,11)6-8/h7-8H,4-6H2,1-3H3. The fraction of sp³-hybridized carbons (Fsp3) is 1.00. The van der Waals surface area contributed by atoms with E-state index < -0.39 is 34.0 Å². The third-order valence-electron chi connectivity index (χ3n) is 2.69. The lowest BCUT2D eigenvalue weighted by Crippen LogP contribution is -2.51. The first-order valence-corrected chi connectivity index (χ1v) is 6.59. The fourth-order valence-electron chi connectivity index (χ4n) is 1.85. The van der Waals surface area contributed by atoms with Crippen LogP contribution in [0.2, 0.25) is 0 Å². The molecule has 0 aromatic heterocycles. The first-order valence-electron chi connectivity index (χ1n) is 5.09. The third kappa shape index (κ3) is 2.47. The molecule has 0 atom stereocenters. The largest absolute Gasteiger partial charge is 0.250 e. The lowest BCUT2D eigenvalue weighted by molar-refractivity contribution is -0.0696. The molecule has 6 heteroatoms. The van der Waals surface area contributed by atoms with Gasteiger partial charge in [0.1, 0.15) is 0 Å². The van der Waals surface area contributed by atoms with Gasteiger partial charge in [-0.05, 0) is 13.8 Å². The Balaban J connectivity index is 2.76. The van der Waals surface area contributed by atoms with Crippen molar-refractivity contribution in [3.8, 4) is 0 Å². The summed E-state index contributed by atoms with van der Waals surface area (Å²) >= 11 is 0. The van der Waals surface area contributed by atoms with Crippen LogP contribution < -0.4 is 0 Å². The average Bonchev–Trinajstić information content (AvgIpc) is 1.99. The molecule has 1 aliphatic rings. The summed E-state index contributed by atoms with van der Waals surface area (Å²) in [5.74, 6) is -2.78. The van der Waals surface area contributed by atoms with Crippen LogP contribution in [-0.2, 0) is 10.0 Å². The second-order valence-corrected chi connectivity index (χ2v) is 6.39. The van der Waals surface area contributed by atoms with Crippen molar-refractivity contribution in [2.75, 3.05) is 6.54 Å². The van der Waals surface area contributed by atoms with Gasteiger partial charge in [-0.2, -0.15) is 4.31 Å². The minimum atomic E-state index is -3.53. The normalized spacial score (nSPS) is 22.1. The van der Waals surface area contributed by atoms with E-state index in [0.717, 1.165) is 0 Å². The molecule has 1 rings (SSSR count). The molecule has 0 saturated heterocycles. The van der Waals surface area contributed by atoms with E-state index >= 15 is 0 Å². The van der Waals surface area contributed by atoms with Crippen molar-refractivity contribution < 1.29 is 17.2 Å². The summed E-state index contributed by atoms with van der Waals surface area (Å²) < 4.78 is 50.2. The van der Waals surface area contributed by atoms with Crippen LogP contribution in [0.25, 0.3) is 0 Å². The Morgan fingerprint density at radius 1 is 1.40 bits per heavy atom. The number of nitrogens with zero attached hydrogens (tertiary/aromatic N) is 1. The zero-order valence-corrected chi connectivity index (χ0v) is 10.0. The van der Waals surface area contributed by atoms with Crippen molar-refractivity contribution in [1.82, 2.24) is 4.31 Å². The van der Waals surface area contributed by atoms with Crippen LogP contribution in [0.1, 0.15) is 33.6 Å². The highest BCUT2D eigenvalue weighted by Gasteiger charge is 2.53. The molecule has 0 aromatic carbocycles. The van der Waals surface area contributed by atoms with E-state index in [1.165, 1.54) is 4.31 Å². The minimum Gasteiger partial charge on any atom is -0.212 e. The summed E-state index contributed by atoms with van der Waals surface area (Å²) in [5.41, 5.74) is 0. The molecule has 3 nitrogen and oxygen atoms in total. The van der Waals surface area contributed by atoms with Gasteiger partial charge in [-0.1, -0.05) is 6.92 Å². The Kier molecular flexibility index (Phi) is 3.40. The number of hydrogen-bond acceptors (Lipinski definition) is 2. The zero-order valence-electron chi connectivity index (χ0n) is 9.20. The summed E-state index contributed by atoms with van der Waals surface area (Å²) in [6.07, 6.45) is -1.06. The summed E-state index contributed by atoms with van der Waals surface area (Å²) in [7, 11) is -3.53. The lowest BCUT2D eigenvalue weighted by atomic mass is 9.94. The van der Waals surface area contributed by atoms with E-state index in [2.05, 4.69) is 0 Å². The molecule has 0 aliphatic heterocycles. The predicted octanol–water partition coefficient (Wildman–Crippen LogP) is 1.84. The van der Waals surface area contributed by atoms with Crippen molar-refractivity contribution in [3.63, 3.8) is 0 Å². The summed E-state index contributed by atoms with van der Waals surface area (Å²) in [6, 6.07) is -0.172. The molecule has 0 spiro atoms. The topological polar surface area (TPSA) is 37.4 Å². The van der Waals surface area contributed by atoms with Gasteiger partial charge >= 0.3 is 0 Å². The van der Waals surface area contributed by atoms with Gasteiger partial charge in [-0.15, -0.1) is 0 Å². The Morgan fingerprint density at radius 2 is 1.87 bits per heavy atom. The quantitative estimate of drug-likeness (QED) is 0.753. The molecule has 0 unspecified atom stereocenters. The monoisotopic (exact) mass is 241 g/mol. The number of sulfonamides is 1. The molecule has 0 radical (unpaired) electrons. The molecule has 0 bridgehead atoms. The Hall–Kier alpha value is -0.230. The average molecular weight is 241 g/mol. The van der Waals surface area contributed by atoms with Gasteiger partial charge in [0.25, 0.3) is 5.92 Å². The maximum atomic E-state index is 12.6. The fourth-order valence-corrected chi connectivity index (χ4v) is 4.09. The summed E-state index contributed by atoms with van der Waals surface area (Å²) in [4.78, 5) is 0. The van der Waals surface area contributed by atoms with Gasteiger partial charge in [0.2, 0.25) is 10.0 Å². The molecule has 1 aliphatic carbocycles. The van der Waals surface area contributed by atoms with Gasteiger partial charge in [0.05, 0.1) is 5.25 Å². The third-order valence-corrected chi connectivity index (χ3v) is 5.20. The minimum absolute atomic E-state index is 0.172. The van der Waals surface area contributed by atoms with Crippen LogP contribution in [-0.4, -0.2) is 36.5 Å². The first kappa shape index (κ1) is 12.8. The van der Waals surface area contributed by atoms with Crippen LogP contribution in [0.4, 0.5) is 8.78 Å². The van der Waals surface area contributed by atoms with Crippen molar-refractivity contribution in [2.45, 2.75) is 50.8 Å². The molecule has 0 N–H and O–H groups in total. The van der Waals surface area contributed by atoms with E-state index in [9.17, 15) is 17.2 Å². The molecular weight excluding hydrogens is 224 g/mol. The highest BCUT2D eigenvalue weighted by molar-refractivity contribution is 7.89. The van der Waals surface area contributed by atoms with E-state index in [-0.39, 0.29) is 6.04 Å². The molecule has 0 amide bonds. The van der Waals surface area contributed by atoms with Crippen LogP contribution in [0, 0.1) is 0 Å². The molecule has 15 heavy (non-hydrogen) atoms. The number of halogens is 2. The Bertz CT molecular complexity index is 319. The number of alkyl halides is 2. The molecule has 0 aromatic rings. The second-order valence-electron chi connectivity index (χ2n) is 4.23. The van der Waals surface area contributed by atoms with Gasteiger partial charge < -0.3 is 0 Å². The van der Waals surface area contributed by atoms with Crippen LogP contribution in [0.15, 0.2) is 0 Å². The molecular formula is C9H17F2NO2S. The van der Waals surface area contributed by atoms with Gasteiger partial charge in [-0.3, -0.25) is 0 Å². The number of hydrogen-bond donors (Lipinski definition) is 0. The van der Waals surface area contributed by atoms with Crippen molar-refractivity contribution >= 4 is 10.0 Å². The number of rotatable bonds is 4. The lowest BCUT2D eigenvalue weighted by Gasteiger charge is -2.38. The maximum absolute atomic E-state index is 12.6. The van der Waals surface area contributed by atoms with E-state index in [0.29, 0.717) is 6.54 Å². The molecule has 1 saturated carbocycles. The molecule has 0 heterocycles. The smallest absolute Gasteiger partial charge is 0.212 e. The van der Waals surface area contributed by atoms with Gasteiger partial charge in [0.15, 0.2) is 0 Å². The Morgan fingerprint density at radius 3 is 2.13 bits per heavy atom. The summed E-state index contributed by atoms with van der Waals surface area (Å²) in [6.45, 7) is 5.55. The molecule has 90 valence electrons. The maximum Gasteiger partial charge on any atom is 0.250 e. The van der Waals surface area contributed by atoms with Crippen LogP contribution >= 0.6 is 0 Å². The second kappa shape index (κ2) is 3.97. The highest BCUT2D eigenvalue weighted by Crippen LogP contribution is 2.42. The first-order chi connectivity index (χ1) is 6.70. The highest BCUT2D eigenvalue weighted by atomic mass is 32.2. The van der Waals surface area contributed by atoms with Crippen LogP contribution in [0.3, 0.4) is 0 Å². The predicted molar refractivity (Wildman–Crippen MR) is 54.4 cm³/mol. The van der Waals surface area contributed by atoms with Crippen molar-refractivity contribution in [3.05, 3.63) is 0 Å². The van der Waals surface area contributed by atoms with Crippen molar-refractivity contribution in [1.29, 1.82) is 0 Å². The SMILES string of the molecule is CCN(C(C)C)S(=O)(=O)C1CC(F)(F)C1. The van der Waals surface area contributed by atoms with Crippen molar-refractivity contribution in [2.24, 2.45) is 0 Å².